The van der Waals surface area contributed by atoms with Crippen molar-refractivity contribution in [3.63, 3.8) is 0 Å². The highest BCUT2D eigenvalue weighted by Crippen LogP contribution is 2.49. The molecular weight excluding hydrogens is 555 g/mol. The molecule has 2 saturated carbocycles. The van der Waals surface area contributed by atoms with Crippen molar-refractivity contribution in [1.29, 1.82) is 0 Å². The number of alkyl carbamates (subject to hydrolysis) is 1. The highest BCUT2D eigenvalue weighted by molar-refractivity contribution is 6.28. The Morgan fingerprint density at radius 3 is 2.33 bits per heavy atom. The van der Waals surface area contributed by atoms with Crippen molar-refractivity contribution in [3.8, 4) is 0 Å². The SMILES string of the molecule is CCC(C)(C)OC(=O)NC(C(=O)N1C[C@@H]2CC(F)(CF)C[C@@H]2C1C(=O)NC(CCC(C)F)C(=O)C=O)C1CCCCC1. The van der Waals surface area contributed by atoms with Crippen LogP contribution in [0.1, 0.15) is 91.9 Å². The number of rotatable bonds is 13. The van der Waals surface area contributed by atoms with E-state index in [2.05, 4.69) is 10.6 Å². The molecule has 0 aromatic heterocycles. The molecule has 0 spiro atoms. The molecule has 3 aliphatic rings. The summed E-state index contributed by atoms with van der Waals surface area (Å²) >= 11 is 0. The molecule has 9 nitrogen and oxygen atoms in total. The first-order valence-corrected chi connectivity index (χ1v) is 15.2. The van der Waals surface area contributed by atoms with Gasteiger partial charge in [-0.15, -0.1) is 0 Å². The number of carbonyl (C=O) groups is 5. The van der Waals surface area contributed by atoms with Gasteiger partial charge in [0.1, 0.15) is 30.0 Å². The predicted octanol–water partition coefficient (Wildman–Crippen LogP) is 4.16. The Balaban J connectivity index is 1.91. The van der Waals surface area contributed by atoms with Crippen molar-refractivity contribution < 1.29 is 41.9 Å². The quantitative estimate of drug-likeness (QED) is 0.242. The summed E-state index contributed by atoms with van der Waals surface area (Å²) in [5, 5.41) is 5.24. The van der Waals surface area contributed by atoms with Gasteiger partial charge in [0.2, 0.25) is 17.6 Å². The first-order valence-electron chi connectivity index (χ1n) is 15.2. The third-order valence-corrected chi connectivity index (χ3v) is 9.31. The van der Waals surface area contributed by atoms with Gasteiger partial charge in [-0.2, -0.15) is 0 Å². The number of nitrogens with zero attached hydrogens (tertiary/aromatic N) is 1. The topological polar surface area (TPSA) is 122 Å². The van der Waals surface area contributed by atoms with Gasteiger partial charge in [-0.25, -0.2) is 18.0 Å². The number of amides is 3. The molecule has 238 valence electrons. The van der Waals surface area contributed by atoms with Gasteiger partial charge in [0.25, 0.3) is 0 Å². The predicted molar refractivity (Wildman–Crippen MR) is 149 cm³/mol. The standard InChI is InChI=1S/C30H46F3N3O6/c1-5-29(3,4)42-28(41)35-24(19-9-7-6-8-10-19)27(40)36-15-20-13-30(33,17-31)14-21(20)25(36)26(39)34-22(23(38)16-37)12-11-18(2)32/h16,18-22,24-25H,5-15,17H2,1-4H3,(H,34,39)(H,35,41)/t18?,20-,21-,22?,24?,25?,30?/m0/s1. The number of halogens is 3. The van der Waals surface area contributed by atoms with Crippen molar-refractivity contribution >= 4 is 30.0 Å². The lowest BCUT2D eigenvalue weighted by Crippen LogP contribution is -2.59. The molecule has 0 aromatic carbocycles. The summed E-state index contributed by atoms with van der Waals surface area (Å²) in [6.45, 7) is 5.40. The van der Waals surface area contributed by atoms with Gasteiger partial charge in [0.05, 0.1) is 12.2 Å². The highest BCUT2D eigenvalue weighted by atomic mass is 19.2. The van der Waals surface area contributed by atoms with Crippen LogP contribution in [-0.2, 0) is 23.9 Å². The van der Waals surface area contributed by atoms with Crippen LogP contribution in [0.5, 0.6) is 0 Å². The summed E-state index contributed by atoms with van der Waals surface area (Å²) in [5.74, 6) is -3.73. The molecule has 1 saturated heterocycles. The molecule has 3 fully saturated rings. The Morgan fingerprint density at radius 1 is 1.10 bits per heavy atom. The van der Waals surface area contributed by atoms with Gasteiger partial charge in [0.15, 0.2) is 6.29 Å². The monoisotopic (exact) mass is 601 g/mol. The Kier molecular flexibility index (Phi) is 11.4. The number of fused-ring (bicyclic) bond motifs is 1. The number of nitrogens with one attached hydrogen (secondary N) is 2. The third-order valence-electron chi connectivity index (χ3n) is 9.31. The molecule has 3 amide bonds. The van der Waals surface area contributed by atoms with E-state index in [4.69, 9.17) is 4.74 Å². The van der Waals surface area contributed by atoms with Crippen molar-refractivity contribution in [2.45, 2.75) is 127 Å². The highest BCUT2D eigenvalue weighted by Gasteiger charge is 2.58. The number of hydrogen-bond acceptors (Lipinski definition) is 6. The van der Waals surface area contributed by atoms with E-state index >= 15 is 4.39 Å². The van der Waals surface area contributed by atoms with Crippen molar-refractivity contribution in [2.24, 2.45) is 17.8 Å². The first kappa shape index (κ1) is 33.8. The van der Waals surface area contributed by atoms with Crippen LogP contribution in [0.25, 0.3) is 0 Å². The first-order chi connectivity index (χ1) is 19.7. The number of alkyl halides is 3. The second kappa shape index (κ2) is 14.2. The second-order valence-corrected chi connectivity index (χ2v) is 13.0. The average Bonchev–Trinajstić information content (AvgIpc) is 3.46. The lowest BCUT2D eigenvalue weighted by Gasteiger charge is -2.36. The Bertz CT molecular complexity index is 1000. The van der Waals surface area contributed by atoms with Crippen LogP contribution in [0.15, 0.2) is 0 Å². The molecule has 42 heavy (non-hydrogen) atoms. The number of carbonyl (C=O) groups excluding carboxylic acids is 5. The van der Waals surface area contributed by atoms with E-state index < -0.39 is 77.8 Å². The maximum Gasteiger partial charge on any atom is 0.408 e. The van der Waals surface area contributed by atoms with Crippen LogP contribution in [0.3, 0.4) is 0 Å². The molecule has 2 aliphatic carbocycles. The average molecular weight is 602 g/mol. The normalized spacial score (nSPS) is 28.4. The fraction of sp³-hybridized carbons (Fsp3) is 0.833. The van der Waals surface area contributed by atoms with Crippen LogP contribution in [0, 0.1) is 17.8 Å². The van der Waals surface area contributed by atoms with E-state index in [0.29, 0.717) is 19.3 Å². The Hall–Kier alpha value is -2.66. The number of likely N-dealkylation sites (tertiary alicyclic amines) is 1. The largest absolute Gasteiger partial charge is 0.444 e. The molecule has 1 heterocycles. The summed E-state index contributed by atoms with van der Waals surface area (Å²) in [7, 11) is 0. The number of ether oxygens (including phenoxy) is 1. The minimum absolute atomic E-state index is 0.0263. The molecule has 0 aromatic rings. The van der Waals surface area contributed by atoms with E-state index in [-0.39, 0.29) is 44.4 Å². The van der Waals surface area contributed by atoms with Crippen molar-refractivity contribution in [3.05, 3.63) is 0 Å². The van der Waals surface area contributed by atoms with Crippen LogP contribution in [-0.4, -0.2) is 83.7 Å². The van der Waals surface area contributed by atoms with Gasteiger partial charge >= 0.3 is 6.09 Å². The lowest BCUT2D eigenvalue weighted by atomic mass is 9.83. The molecule has 3 rings (SSSR count). The smallest absolute Gasteiger partial charge is 0.408 e. The van der Waals surface area contributed by atoms with E-state index in [9.17, 15) is 32.8 Å². The third kappa shape index (κ3) is 8.24. The summed E-state index contributed by atoms with van der Waals surface area (Å²) in [4.78, 5) is 65.7. The minimum Gasteiger partial charge on any atom is -0.444 e. The molecular formula is C30H46F3N3O6. The van der Waals surface area contributed by atoms with Crippen molar-refractivity contribution in [2.75, 3.05) is 13.2 Å². The fourth-order valence-electron chi connectivity index (χ4n) is 6.66. The van der Waals surface area contributed by atoms with Gasteiger partial charge < -0.3 is 20.3 Å². The zero-order valence-corrected chi connectivity index (χ0v) is 25.1. The fourth-order valence-corrected chi connectivity index (χ4v) is 6.66. The summed E-state index contributed by atoms with van der Waals surface area (Å²) < 4.78 is 47.9. The van der Waals surface area contributed by atoms with E-state index in [1.54, 1.807) is 13.8 Å². The van der Waals surface area contributed by atoms with E-state index in [1.807, 2.05) is 6.92 Å². The summed E-state index contributed by atoms with van der Waals surface area (Å²) in [6.07, 6.45) is 1.92. The summed E-state index contributed by atoms with van der Waals surface area (Å²) in [6, 6.07) is -3.58. The molecule has 0 bridgehead atoms. The molecule has 0 radical (unpaired) electrons. The zero-order chi connectivity index (χ0) is 31.2. The van der Waals surface area contributed by atoms with Gasteiger partial charge in [0, 0.05) is 6.54 Å². The number of hydrogen-bond donors (Lipinski definition) is 2. The Morgan fingerprint density at radius 2 is 1.76 bits per heavy atom. The van der Waals surface area contributed by atoms with Gasteiger partial charge in [-0.1, -0.05) is 26.2 Å². The number of ketones is 1. The summed E-state index contributed by atoms with van der Waals surface area (Å²) in [5.41, 5.74) is -2.91. The maximum absolute atomic E-state index is 15.2. The van der Waals surface area contributed by atoms with Gasteiger partial charge in [-0.3, -0.25) is 19.2 Å². The van der Waals surface area contributed by atoms with Gasteiger partial charge in [-0.05, 0) is 83.5 Å². The van der Waals surface area contributed by atoms with E-state index in [0.717, 1.165) is 19.3 Å². The van der Waals surface area contributed by atoms with Crippen LogP contribution in [0.4, 0.5) is 18.0 Å². The molecule has 1 aliphatic heterocycles. The Labute approximate surface area is 246 Å². The number of Topliss-reactive ketones (excluding diaryl/α,β-unsaturated/α-hetero) is 1. The molecule has 7 atom stereocenters. The van der Waals surface area contributed by atoms with Crippen molar-refractivity contribution in [1.82, 2.24) is 15.5 Å². The zero-order valence-electron chi connectivity index (χ0n) is 25.1. The number of aldehydes is 1. The molecule has 2 N–H and O–H groups in total. The van der Waals surface area contributed by atoms with E-state index in [1.165, 1.54) is 11.8 Å². The van der Waals surface area contributed by atoms with Crippen LogP contribution < -0.4 is 10.6 Å². The molecule has 5 unspecified atom stereocenters. The van der Waals surface area contributed by atoms with Crippen LogP contribution in [0.2, 0.25) is 0 Å². The lowest BCUT2D eigenvalue weighted by molar-refractivity contribution is -0.143. The maximum atomic E-state index is 15.2. The molecule has 12 heteroatoms. The minimum atomic E-state index is -2.14. The van der Waals surface area contributed by atoms with Crippen LogP contribution >= 0.6 is 0 Å². The second-order valence-electron chi connectivity index (χ2n) is 13.0.